The molecule has 0 saturated heterocycles. The highest BCUT2D eigenvalue weighted by molar-refractivity contribution is 6.33. The molecule has 0 radical (unpaired) electrons. The van der Waals surface area contributed by atoms with Crippen LogP contribution in [0.4, 0.5) is 18.9 Å². The summed E-state index contributed by atoms with van der Waals surface area (Å²) in [4.78, 5) is 10.5. The predicted molar refractivity (Wildman–Crippen MR) is 61.8 cm³/mol. The van der Waals surface area contributed by atoms with Crippen LogP contribution in [0.1, 0.15) is 5.56 Å². The summed E-state index contributed by atoms with van der Waals surface area (Å²) >= 11 is 5.73. The van der Waals surface area contributed by atoms with Gasteiger partial charge in [0.15, 0.2) is 5.92 Å². The smallest absolute Gasteiger partial charge is 0.403 e. The molecule has 0 spiro atoms. The van der Waals surface area contributed by atoms with Crippen LogP contribution in [0.2, 0.25) is 5.02 Å². The number of carboxylic acid groups (broad SMARTS) is 1. The first-order chi connectivity index (χ1) is 8.75. The van der Waals surface area contributed by atoms with Gasteiger partial charge in [0.2, 0.25) is 0 Å². The molecule has 19 heavy (non-hydrogen) atoms. The summed E-state index contributed by atoms with van der Waals surface area (Å²) in [5, 5.41) is 19.6. The molecule has 0 bridgehead atoms. The molecule has 0 fully saturated rings. The first-order valence-electron chi connectivity index (χ1n) is 4.98. The Labute approximate surface area is 111 Å². The van der Waals surface area contributed by atoms with Crippen LogP contribution in [0.15, 0.2) is 18.2 Å². The quantitative estimate of drug-likeness (QED) is 0.895. The van der Waals surface area contributed by atoms with Gasteiger partial charge in [-0.15, -0.1) is 0 Å². The third-order valence-electron chi connectivity index (χ3n) is 2.29. The van der Waals surface area contributed by atoms with Gasteiger partial charge >= 0.3 is 12.1 Å². The third kappa shape index (κ3) is 4.03. The summed E-state index contributed by atoms with van der Waals surface area (Å²) in [5.74, 6) is -4.53. The number of benzene rings is 1. The summed E-state index contributed by atoms with van der Waals surface area (Å²) in [5.41, 5.74) is 0.280. The Kier molecular flexibility index (Phi) is 4.62. The van der Waals surface area contributed by atoms with Gasteiger partial charge in [0.05, 0.1) is 22.3 Å². The summed E-state index contributed by atoms with van der Waals surface area (Å²) in [7, 11) is 0. The van der Waals surface area contributed by atoms with E-state index in [0.29, 0.717) is 0 Å². The topological polar surface area (TPSA) is 73.1 Å². The lowest BCUT2D eigenvalue weighted by molar-refractivity contribution is -0.190. The van der Waals surface area contributed by atoms with Crippen LogP contribution in [0.3, 0.4) is 0 Å². The Morgan fingerprint density at radius 2 is 2.16 bits per heavy atom. The number of aliphatic carboxylic acids is 1. The number of carboxylic acids is 1. The van der Waals surface area contributed by atoms with Crippen molar-refractivity contribution in [3.05, 3.63) is 28.8 Å². The lowest BCUT2D eigenvalue weighted by Crippen LogP contribution is -2.36. The normalized spacial score (nSPS) is 12.6. The molecule has 0 aliphatic carbocycles. The van der Waals surface area contributed by atoms with Crippen molar-refractivity contribution in [3.8, 4) is 6.07 Å². The lowest BCUT2D eigenvalue weighted by atomic mass is 10.1. The minimum Gasteiger partial charge on any atom is -0.481 e. The molecule has 1 rings (SSSR count). The number of hydrogen-bond acceptors (Lipinski definition) is 3. The number of halogens is 4. The van der Waals surface area contributed by atoms with Crippen LogP contribution in [0, 0.1) is 17.2 Å². The molecule has 0 aromatic heterocycles. The van der Waals surface area contributed by atoms with E-state index in [-0.39, 0.29) is 16.3 Å². The van der Waals surface area contributed by atoms with Crippen LogP contribution < -0.4 is 5.32 Å². The highest BCUT2D eigenvalue weighted by Crippen LogP contribution is 2.28. The third-order valence-corrected chi connectivity index (χ3v) is 2.61. The molecule has 8 heteroatoms. The Balaban J connectivity index is 2.86. The standard InChI is InChI=1S/C11H8ClF3N2O2/c12-8-2-1-6(4-16)3-9(8)17-5-7(10(18)19)11(13,14)15/h1-3,7,17H,5H2,(H,18,19). The minimum atomic E-state index is -4.86. The van der Waals surface area contributed by atoms with Crippen molar-refractivity contribution in [1.82, 2.24) is 0 Å². The highest BCUT2D eigenvalue weighted by Gasteiger charge is 2.44. The zero-order valence-electron chi connectivity index (χ0n) is 9.33. The zero-order chi connectivity index (χ0) is 14.6. The van der Waals surface area contributed by atoms with E-state index in [2.05, 4.69) is 5.32 Å². The lowest BCUT2D eigenvalue weighted by Gasteiger charge is -2.17. The second kappa shape index (κ2) is 5.80. The molecule has 1 aromatic rings. The largest absolute Gasteiger partial charge is 0.481 e. The summed E-state index contributed by atoms with van der Waals surface area (Å²) < 4.78 is 37.2. The minimum absolute atomic E-state index is 0.0798. The average molecular weight is 293 g/mol. The van der Waals surface area contributed by atoms with Crippen LogP contribution in [-0.2, 0) is 4.79 Å². The number of hydrogen-bond donors (Lipinski definition) is 2. The molecule has 0 aliphatic heterocycles. The maximum atomic E-state index is 12.4. The predicted octanol–water partition coefficient (Wildman–Crippen LogP) is 2.89. The van der Waals surface area contributed by atoms with Crippen LogP contribution in [0.25, 0.3) is 0 Å². The van der Waals surface area contributed by atoms with Crippen molar-refractivity contribution in [2.45, 2.75) is 6.18 Å². The molecule has 1 aromatic carbocycles. The Morgan fingerprint density at radius 3 is 2.63 bits per heavy atom. The zero-order valence-corrected chi connectivity index (χ0v) is 10.1. The fourth-order valence-electron chi connectivity index (χ4n) is 1.29. The molecule has 0 aliphatic rings. The van der Waals surface area contributed by atoms with Crippen LogP contribution in [-0.4, -0.2) is 23.8 Å². The number of rotatable bonds is 4. The van der Waals surface area contributed by atoms with E-state index in [1.807, 2.05) is 0 Å². The van der Waals surface area contributed by atoms with Gasteiger partial charge in [-0.05, 0) is 18.2 Å². The fraction of sp³-hybridized carbons (Fsp3) is 0.273. The summed E-state index contributed by atoms with van der Waals surface area (Å²) in [6, 6.07) is 5.78. The number of alkyl halides is 3. The molecule has 102 valence electrons. The van der Waals surface area contributed by atoms with E-state index in [9.17, 15) is 18.0 Å². The highest BCUT2D eigenvalue weighted by atomic mass is 35.5. The van der Waals surface area contributed by atoms with E-state index < -0.39 is 24.6 Å². The van der Waals surface area contributed by atoms with E-state index in [0.717, 1.165) is 0 Å². The van der Waals surface area contributed by atoms with Gasteiger partial charge in [-0.1, -0.05) is 11.6 Å². The van der Waals surface area contributed by atoms with E-state index in [4.69, 9.17) is 22.0 Å². The summed E-state index contributed by atoms with van der Waals surface area (Å²) in [6.07, 6.45) is -4.86. The van der Waals surface area contributed by atoms with E-state index >= 15 is 0 Å². The van der Waals surface area contributed by atoms with Gasteiger partial charge in [-0.25, -0.2) is 0 Å². The van der Waals surface area contributed by atoms with Gasteiger partial charge in [-0.3, -0.25) is 4.79 Å². The number of nitrogens with zero attached hydrogens (tertiary/aromatic N) is 1. The van der Waals surface area contributed by atoms with Crippen LogP contribution >= 0.6 is 11.6 Å². The molecule has 0 amide bonds. The fourth-order valence-corrected chi connectivity index (χ4v) is 1.47. The summed E-state index contributed by atoms with van der Waals surface area (Å²) in [6.45, 7) is -0.868. The number of nitrogens with one attached hydrogen (secondary N) is 1. The molecule has 1 unspecified atom stereocenters. The first-order valence-corrected chi connectivity index (χ1v) is 5.36. The van der Waals surface area contributed by atoms with Gasteiger partial charge in [0.1, 0.15) is 0 Å². The van der Waals surface area contributed by atoms with Gasteiger partial charge in [0, 0.05) is 6.54 Å². The van der Waals surface area contributed by atoms with Gasteiger partial charge in [0.25, 0.3) is 0 Å². The van der Waals surface area contributed by atoms with Crippen LogP contribution in [0.5, 0.6) is 0 Å². The number of carbonyl (C=O) groups is 1. The number of anilines is 1. The second-order valence-corrected chi connectivity index (χ2v) is 4.03. The molecule has 1 atom stereocenters. The molecule has 4 nitrogen and oxygen atoms in total. The van der Waals surface area contributed by atoms with Crippen molar-refractivity contribution in [2.24, 2.45) is 5.92 Å². The average Bonchev–Trinajstić information content (AvgIpc) is 2.29. The maximum absolute atomic E-state index is 12.4. The van der Waals surface area contributed by atoms with E-state index in [1.54, 1.807) is 6.07 Å². The maximum Gasteiger partial charge on any atom is 0.403 e. The Bertz CT molecular complexity index is 526. The Morgan fingerprint density at radius 1 is 1.53 bits per heavy atom. The molecule has 0 saturated carbocycles. The van der Waals surface area contributed by atoms with Gasteiger partial charge < -0.3 is 10.4 Å². The number of nitriles is 1. The molecular formula is C11H8ClF3N2O2. The SMILES string of the molecule is N#Cc1ccc(Cl)c(NCC(C(=O)O)C(F)(F)F)c1. The second-order valence-electron chi connectivity index (χ2n) is 3.62. The van der Waals surface area contributed by atoms with Crippen molar-refractivity contribution in [2.75, 3.05) is 11.9 Å². The first kappa shape index (κ1) is 15.1. The molecule has 2 N–H and O–H groups in total. The van der Waals surface area contributed by atoms with Crippen molar-refractivity contribution in [1.29, 1.82) is 5.26 Å². The Hall–Kier alpha value is -1.94. The van der Waals surface area contributed by atoms with Gasteiger partial charge in [-0.2, -0.15) is 18.4 Å². The van der Waals surface area contributed by atoms with Crippen molar-refractivity contribution >= 4 is 23.3 Å². The van der Waals surface area contributed by atoms with Crippen molar-refractivity contribution in [3.63, 3.8) is 0 Å². The van der Waals surface area contributed by atoms with Crippen molar-refractivity contribution < 1.29 is 23.1 Å². The molecular weight excluding hydrogens is 285 g/mol. The molecule has 0 heterocycles. The monoisotopic (exact) mass is 292 g/mol. The van der Waals surface area contributed by atoms with E-state index in [1.165, 1.54) is 18.2 Å².